The fourth-order valence-corrected chi connectivity index (χ4v) is 3.66. The molecule has 0 aliphatic carbocycles. The molecule has 3 heterocycles. The molecular formula is C22H20N4O5. The molecule has 0 amide bonds. The number of carbonyl (C=O) groups excluding carboxylic acids is 1. The summed E-state index contributed by atoms with van der Waals surface area (Å²) in [4.78, 5) is 22.5. The summed E-state index contributed by atoms with van der Waals surface area (Å²) >= 11 is 0. The monoisotopic (exact) mass is 420 g/mol. The fourth-order valence-electron chi connectivity index (χ4n) is 3.66. The number of para-hydroxylation sites is 2. The van der Waals surface area contributed by atoms with Gasteiger partial charge in [-0.1, -0.05) is 12.1 Å². The zero-order valence-corrected chi connectivity index (χ0v) is 17.0. The molecule has 1 aliphatic rings. The van der Waals surface area contributed by atoms with Gasteiger partial charge in [-0.15, -0.1) is 0 Å². The molecule has 31 heavy (non-hydrogen) atoms. The van der Waals surface area contributed by atoms with Crippen molar-refractivity contribution in [3.05, 3.63) is 48.0 Å². The van der Waals surface area contributed by atoms with Gasteiger partial charge < -0.3 is 24.7 Å². The molecule has 2 aromatic carbocycles. The average Bonchev–Trinajstić information content (AvgIpc) is 3.32. The number of fused-ring (bicyclic) bond motifs is 3. The van der Waals surface area contributed by atoms with Crippen molar-refractivity contribution in [2.75, 3.05) is 26.2 Å². The maximum absolute atomic E-state index is 13.0. The number of methoxy groups -OCH3 is 1. The minimum absolute atomic E-state index is 0.153. The van der Waals surface area contributed by atoms with Crippen LogP contribution in [0.25, 0.3) is 27.9 Å². The highest BCUT2D eigenvalue weighted by Gasteiger charge is 2.27. The van der Waals surface area contributed by atoms with E-state index in [2.05, 4.69) is 4.98 Å². The third-order valence-corrected chi connectivity index (χ3v) is 5.03. The Bertz CT molecular complexity index is 1320. The molecule has 1 aliphatic heterocycles. The van der Waals surface area contributed by atoms with Gasteiger partial charge in [0.2, 0.25) is 6.79 Å². The predicted octanol–water partition coefficient (Wildman–Crippen LogP) is 3.08. The van der Waals surface area contributed by atoms with Gasteiger partial charge in [-0.25, -0.2) is 14.8 Å². The predicted molar refractivity (Wildman–Crippen MR) is 114 cm³/mol. The van der Waals surface area contributed by atoms with Gasteiger partial charge in [0, 0.05) is 13.2 Å². The largest absolute Gasteiger partial charge is 0.456 e. The minimum Gasteiger partial charge on any atom is -0.456 e. The number of hydrogen-bond donors (Lipinski definition) is 1. The van der Waals surface area contributed by atoms with Crippen LogP contribution in [-0.4, -0.2) is 47.1 Å². The molecule has 0 saturated heterocycles. The SMILES string of the molecule is COC[C@@H](C)OC(=O)c1c(N)n(-c2ccc3c(c2)OCO3)c2nc3ccccc3nc12. The van der Waals surface area contributed by atoms with E-state index in [0.29, 0.717) is 39.4 Å². The lowest BCUT2D eigenvalue weighted by Gasteiger charge is -2.12. The number of aromatic nitrogens is 3. The summed E-state index contributed by atoms with van der Waals surface area (Å²) < 4.78 is 23.2. The van der Waals surface area contributed by atoms with E-state index in [-0.39, 0.29) is 24.8 Å². The highest BCUT2D eigenvalue weighted by atomic mass is 16.7. The number of carbonyl (C=O) groups is 1. The molecule has 1 atom stereocenters. The molecule has 0 radical (unpaired) electrons. The Morgan fingerprint density at radius 1 is 1.16 bits per heavy atom. The zero-order valence-electron chi connectivity index (χ0n) is 17.0. The van der Waals surface area contributed by atoms with Crippen molar-refractivity contribution < 1.29 is 23.7 Å². The first kappa shape index (κ1) is 19.1. The van der Waals surface area contributed by atoms with Crippen molar-refractivity contribution in [1.29, 1.82) is 0 Å². The molecule has 0 fully saturated rings. The van der Waals surface area contributed by atoms with Gasteiger partial charge >= 0.3 is 5.97 Å². The van der Waals surface area contributed by atoms with Gasteiger partial charge in [-0.05, 0) is 31.2 Å². The van der Waals surface area contributed by atoms with Crippen LogP contribution < -0.4 is 15.2 Å². The molecule has 9 heteroatoms. The summed E-state index contributed by atoms with van der Waals surface area (Å²) in [6, 6.07) is 12.8. The summed E-state index contributed by atoms with van der Waals surface area (Å²) in [7, 11) is 1.54. The van der Waals surface area contributed by atoms with Gasteiger partial charge in [0.1, 0.15) is 23.0 Å². The molecule has 0 saturated carbocycles. The van der Waals surface area contributed by atoms with Crippen LogP contribution in [0, 0.1) is 0 Å². The fraction of sp³-hybridized carbons (Fsp3) is 0.227. The minimum atomic E-state index is -0.587. The van der Waals surface area contributed by atoms with Crippen molar-refractivity contribution in [2.45, 2.75) is 13.0 Å². The number of nitrogens with zero attached hydrogens (tertiary/aromatic N) is 3. The molecule has 9 nitrogen and oxygen atoms in total. The quantitative estimate of drug-likeness (QED) is 0.491. The molecule has 0 spiro atoms. The number of hydrogen-bond acceptors (Lipinski definition) is 8. The lowest BCUT2D eigenvalue weighted by molar-refractivity contribution is 0.0123. The van der Waals surface area contributed by atoms with Gasteiger partial charge in [-0.2, -0.15) is 0 Å². The van der Waals surface area contributed by atoms with Crippen LogP contribution in [-0.2, 0) is 9.47 Å². The first-order chi connectivity index (χ1) is 15.1. The van der Waals surface area contributed by atoms with Crippen LogP contribution >= 0.6 is 0 Å². The molecule has 2 aromatic heterocycles. The summed E-state index contributed by atoms with van der Waals surface area (Å²) in [5, 5.41) is 0. The summed E-state index contributed by atoms with van der Waals surface area (Å²) in [5.74, 6) is 0.823. The number of anilines is 1. The van der Waals surface area contributed by atoms with E-state index in [1.807, 2.05) is 30.3 Å². The summed E-state index contributed by atoms with van der Waals surface area (Å²) in [5.41, 5.74) is 9.46. The van der Waals surface area contributed by atoms with Crippen LogP contribution in [0.2, 0.25) is 0 Å². The second-order valence-corrected chi connectivity index (χ2v) is 7.19. The third-order valence-electron chi connectivity index (χ3n) is 5.03. The van der Waals surface area contributed by atoms with E-state index in [0.717, 1.165) is 0 Å². The van der Waals surface area contributed by atoms with E-state index in [1.54, 1.807) is 30.7 Å². The standard InChI is InChI=1S/C22H20N4O5/c1-12(10-28-2)31-22(27)18-19-21(25-15-6-4-3-5-14(15)24-19)26(20(18)23)13-7-8-16-17(9-13)30-11-29-16/h3-9,12H,10-11,23H2,1-2H3/t12-/m1/s1. The molecule has 2 N–H and O–H groups in total. The Labute approximate surface area is 177 Å². The Morgan fingerprint density at radius 2 is 1.90 bits per heavy atom. The lowest BCUT2D eigenvalue weighted by Crippen LogP contribution is -2.20. The summed E-state index contributed by atoms with van der Waals surface area (Å²) in [6.07, 6.45) is -0.450. The molecule has 4 aromatic rings. The molecule has 0 unspecified atom stereocenters. The highest BCUT2D eigenvalue weighted by Crippen LogP contribution is 2.37. The van der Waals surface area contributed by atoms with Crippen molar-refractivity contribution in [3.63, 3.8) is 0 Å². The number of ether oxygens (including phenoxy) is 4. The Kier molecular flexibility index (Phi) is 4.59. The van der Waals surface area contributed by atoms with Crippen molar-refractivity contribution in [1.82, 2.24) is 14.5 Å². The number of esters is 1. The average molecular weight is 420 g/mol. The van der Waals surface area contributed by atoms with Gasteiger partial charge in [0.05, 0.1) is 23.3 Å². The first-order valence-electron chi connectivity index (χ1n) is 9.73. The maximum atomic E-state index is 13.0. The Morgan fingerprint density at radius 3 is 2.68 bits per heavy atom. The Balaban J connectivity index is 1.74. The second kappa shape index (κ2) is 7.44. The van der Waals surface area contributed by atoms with Gasteiger partial charge in [-0.3, -0.25) is 4.57 Å². The van der Waals surface area contributed by atoms with Crippen LogP contribution in [0.1, 0.15) is 17.3 Å². The number of nitrogen functional groups attached to an aromatic ring is 1. The van der Waals surface area contributed by atoms with E-state index in [9.17, 15) is 4.79 Å². The molecule has 158 valence electrons. The summed E-state index contributed by atoms with van der Waals surface area (Å²) in [6.45, 7) is 2.16. The van der Waals surface area contributed by atoms with Crippen LogP contribution in [0.15, 0.2) is 42.5 Å². The molecule has 5 rings (SSSR count). The van der Waals surface area contributed by atoms with Crippen LogP contribution in [0.3, 0.4) is 0 Å². The number of rotatable bonds is 5. The van der Waals surface area contributed by atoms with Gasteiger partial charge in [0.25, 0.3) is 0 Å². The lowest BCUT2D eigenvalue weighted by atomic mass is 10.2. The van der Waals surface area contributed by atoms with Crippen LogP contribution in [0.5, 0.6) is 11.5 Å². The maximum Gasteiger partial charge on any atom is 0.344 e. The van der Waals surface area contributed by atoms with E-state index >= 15 is 0 Å². The van der Waals surface area contributed by atoms with E-state index < -0.39 is 12.1 Å². The number of benzene rings is 2. The van der Waals surface area contributed by atoms with Crippen molar-refractivity contribution in [2.24, 2.45) is 0 Å². The highest BCUT2D eigenvalue weighted by molar-refractivity contribution is 6.09. The molecular weight excluding hydrogens is 400 g/mol. The first-order valence-corrected chi connectivity index (χ1v) is 9.73. The smallest absolute Gasteiger partial charge is 0.344 e. The van der Waals surface area contributed by atoms with Crippen molar-refractivity contribution in [3.8, 4) is 17.2 Å². The zero-order chi connectivity index (χ0) is 21.5. The normalized spacial score (nSPS) is 13.6. The van der Waals surface area contributed by atoms with E-state index in [4.69, 9.17) is 29.7 Å². The van der Waals surface area contributed by atoms with Crippen molar-refractivity contribution >= 4 is 34.0 Å². The number of nitrogens with two attached hydrogens (primary N) is 1. The van der Waals surface area contributed by atoms with E-state index in [1.165, 1.54) is 0 Å². The molecule has 0 bridgehead atoms. The van der Waals surface area contributed by atoms with Crippen LogP contribution in [0.4, 0.5) is 5.82 Å². The topological polar surface area (TPSA) is 111 Å². The second-order valence-electron chi connectivity index (χ2n) is 7.19. The third kappa shape index (κ3) is 3.19. The Hall–Kier alpha value is -3.85. The van der Waals surface area contributed by atoms with Gasteiger partial charge in [0.15, 0.2) is 17.1 Å².